The molecule has 2 fully saturated rings. The molecule has 0 heterocycles. The van der Waals surface area contributed by atoms with Crippen molar-refractivity contribution in [3.63, 3.8) is 0 Å². The van der Waals surface area contributed by atoms with Crippen LogP contribution in [-0.2, 0) is 0 Å². The van der Waals surface area contributed by atoms with Crippen molar-refractivity contribution in [1.29, 1.82) is 0 Å². The van der Waals surface area contributed by atoms with Gasteiger partial charge in [-0.2, -0.15) is 5.10 Å². The summed E-state index contributed by atoms with van der Waals surface area (Å²) in [5.41, 5.74) is 7.97. The molecule has 16 heavy (non-hydrogen) atoms. The number of rotatable bonds is 2. The Balaban J connectivity index is 2.10. The maximum Gasteiger partial charge on any atom is 0.332 e. The molecule has 0 aliphatic heterocycles. The van der Waals surface area contributed by atoms with E-state index in [-0.39, 0.29) is 0 Å². The third-order valence-corrected chi connectivity index (χ3v) is 5.29. The van der Waals surface area contributed by atoms with Gasteiger partial charge < -0.3 is 5.73 Å². The van der Waals surface area contributed by atoms with Crippen molar-refractivity contribution in [2.24, 2.45) is 33.5 Å². The maximum atomic E-state index is 10.5. The van der Waals surface area contributed by atoms with Gasteiger partial charge >= 0.3 is 6.03 Å². The molecular weight excluding hydrogens is 202 g/mol. The normalized spacial score (nSPS) is 40.4. The number of carbonyl (C=O) groups is 1. The van der Waals surface area contributed by atoms with E-state index >= 15 is 0 Å². The van der Waals surface area contributed by atoms with Crippen molar-refractivity contribution >= 4 is 12.2 Å². The Morgan fingerprint density at radius 2 is 2.19 bits per heavy atom. The van der Waals surface area contributed by atoms with E-state index in [2.05, 4.69) is 31.3 Å². The third kappa shape index (κ3) is 1.43. The third-order valence-electron chi connectivity index (χ3n) is 5.29. The summed E-state index contributed by atoms with van der Waals surface area (Å²) < 4.78 is 0. The SMILES string of the molecule is CC1(C)[C@H]2CC[C@]1(C)[C@H](/C=N\NC(N)=O)C2. The van der Waals surface area contributed by atoms with Crippen LogP contribution in [0.25, 0.3) is 0 Å². The smallest absolute Gasteiger partial charge is 0.332 e. The number of fused-ring (bicyclic) bond motifs is 2. The number of hydrogen-bond donors (Lipinski definition) is 2. The molecule has 0 unspecified atom stereocenters. The van der Waals surface area contributed by atoms with E-state index in [0.29, 0.717) is 16.7 Å². The summed E-state index contributed by atoms with van der Waals surface area (Å²) in [6.45, 7) is 7.07. The fraction of sp³-hybridized carbons (Fsp3) is 0.833. The van der Waals surface area contributed by atoms with Gasteiger partial charge in [0.05, 0.1) is 0 Å². The van der Waals surface area contributed by atoms with Crippen LogP contribution in [0, 0.1) is 22.7 Å². The van der Waals surface area contributed by atoms with E-state index in [9.17, 15) is 4.79 Å². The average Bonchev–Trinajstić information content (AvgIpc) is 2.49. The van der Waals surface area contributed by atoms with E-state index in [1.165, 1.54) is 19.3 Å². The van der Waals surface area contributed by atoms with Gasteiger partial charge in [-0.1, -0.05) is 20.8 Å². The predicted molar refractivity (Wildman–Crippen MR) is 63.9 cm³/mol. The van der Waals surface area contributed by atoms with Crippen LogP contribution >= 0.6 is 0 Å². The Labute approximate surface area is 96.7 Å². The van der Waals surface area contributed by atoms with Gasteiger partial charge in [0.2, 0.25) is 0 Å². The molecule has 2 amide bonds. The molecule has 3 N–H and O–H groups in total. The monoisotopic (exact) mass is 223 g/mol. The number of nitrogens with two attached hydrogens (primary N) is 1. The number of amides is 2. The summed E-state index contributed by atoms with van der Waals surface area (Å²) in [4.78, 5) is 10.5. The van der Waals surface area contributed by atoms with Crippen molar-refractivity contribution in [3.05, 3.63) is 0 Å². The van der Waals surface area contributed by atoms with Gasteiger partial charge in [0.25, 0.3) is 0 Å². The number of carbonyl (C=O) groups excluding carboxylic acids is 1. The molecule has 2 bridgehead atoms. The Kier molecular flexibility index (Phi) is 2.48. The van der Waals surface area contributed by atoms with Crippen LogP contribution in [0.5, 0.6) is 0 Å². The highest BCUT2D eigenvalue weighted by Crippen LogP contribution is 2.67. The van der Waals surface area contributed by atoms with Crippen molar-refractivity contribution in [1.82, 2.24) is 5.43 Å². The second kappa shape index (κ2) is 3.47. The number of hydrazone groups is 1. The molecule has 0 aromatic heterocycles. The van der Waals surface area contributed by atoms with E-state index in [1.54, 1.807) is 0 Å². The lowest BCUT2D eigenvalue weighted by Gasteiger charge is -2.37. The number of nitrogens with one attached hydrogen (secondary N) is 1. The quantitative estimate of drug-likeness (QED) is 0.546. The fourth-order valence-electron chi connectivity index (χ4n) is 3.68. The molecular formula is C12H21N3O. The van der Waals surface area contributed by atoms with Gasteiger partial charge in [-0.15, -0.1) is 0 Å². The van der Waals surface area contributed by atoms with Crippen LogP contribution in [-0.4, -0.2) is 12.2 Å². The number of urea groups is 1. The summed E-state index contributed by atoms with van der Waals surface area (Å²) in [6.07, 6.45) is 5.66. The minimum atomic E-state index is -0.594. The van der Waals surface area contributed by atoms with Crippen molar-refractivity contribution in [3.8, 4) is 0 Å². The minimum absolute atomic E-state index is 0.320. The van der Waals surface area contributed by atoms with Crippen molar-refractivity contribution in [2.75, 3.05) is 0 Å². The van der Waals surface area contributed by atoms with E-state index in [0.717, 1.165) is 5.92 Å². The van der Waals surface area contributed by atoms with Gasteiger partial charge in [-0.05, 0) is 36.0 Å². The Hall–Kier alpha value is -1.06. The molecule has 0 aromatic carbocycles. The first-order valence-corrected chi connectivity index (χ1v) is 5.96. The molecule has 0 aromatic rings. The van der Waals surface area contributed by atoms with Gasteiger partial charge in [0, 0.05) is 12.1 Å². The Morgan fingerprint density at radius 1 is 1.50 bits per heavy atom. The fourth-order valence-corrected chi connectivity index (χ4v) is 3.68. The van der Waals surface area contributed by atoms with Crippen LogP contribution in [0.2, 0.25) is 0 Å². The lowest BCUT2D eigenvalue weighted by molar-refractivity contribution is 0.132. The summed E-state index contributed by atoms with van der Waals surface area (Å²) in [5, 5.41) is 3.93. The first-order chi connectivity index (χ1) is 7.38. The molecule has 4 nitrogen and oxygen atoms in total. The summed E-state index contributed by atoms with van der Waals surface area (Å²) in [5.74, 6) is 1.26. The molecule has 2 aliphatic carbocycles. The highest BCUT2D eigenvalue weighted by atomic mass is 16.2. The number of nitrogens with zero attached hydrogens (tertiary/aromatic N) is 1. The van der Waals surface area contributed by atoms with E-state index in [1.807, 2.05) is 6.21 Å². The molecule has 2 saturated carbocycles. The zero-order valence-electron chi connectivity index (χ0n) is 10.3. The average molecular weight is 223 g/mol. The number of primary amides is 1. The van der Waals surface area contributed by atoms with Crippen LogP contribution in [0.15, 0.2) is 5.10 Å². The van der Waals surface area contributed by atoms with E-state index < -0.39 is 6.03 Å². The molecule has 4 heteroatoms. The van der Waals surface area contributed by atoms with Crippen molar-refractivity contribution in [2.45, 2.75) is 40.0 Å². The number of hydrogen-bond acceptors (Lipinski definition) is 2. The lowest BCUT2D eigenvalue weighted by atomic mass is 9.67. The molecule has 3 atom stereocenters. The van der Waals surface area contributed by atoms with Crippen LogP contribution in [0.1, 0.15) is 40.0 Å². The zero-order valence-corrected chi connectivity index (χ0v) is 10.3. The standard InChI is InChI=1S/C12H21N3O/c1-11(2)8-4-5-12(11,3)9(6-8)7-14-15-10(13)16/h7-9H,4-6H2,1-3H3,(H3,13,15,16)/b14-7-/t8-,9-,12+/m0/s1. The minimum Gasteiger partial charge on any atom is -0.350 e. The zero-order chi connectivity index (χ0) is 12.0. The second-order valence-electron chi connectivity index (χ2n) is 5.97. The second-order valence-corrected chi connectivity index (χ2v) is 5.97. The highest BCUT2D eigenvalue weighted by Gasteiger charge is 2.60. The van der Waals surface area contributed by atoms with Crippen molar-refractivity contribution < 1.29 is 4.79 Å². The largest absolute Gasteiger partial charge is 0.350 e. The summed E-state index contributed by atoms with van der Waals surface area (Å²) >= 11 is 0. The highest BCUT2D eigenvalue weighted by molar-refractivity contribution is 5.73. The molecule has 2 rings (SSSR count). The molecule has 0 spiro atoms. The molecule has 90 valence electrons. The maximum absolute atomic E-state index is 10.5. The van der Waals surface area contributed by atoms with Crippen LogP contribution < -0.4 is 11.2 Å². The van der Waals surface area contributed by atoms with Gasteiger partial charge in [0.15, 0.2) is 0 Å². The van der Waals surface area contributed by atoms with Crippen LogP contribution in [0.3, 0.4) is 0 Å². The summed E-state index contributed by atoms with van der Waals surface area (Å²) in [6, 6.07) is -0.594. The van der Waals surface area contributed by atoms with Gasteiger partial charge in [-0.25, -0.2) is 10.2 Å². The summed E-state index contributed by atoms with van der Waals surface area (Å²) in [7, 11) is 0. The Morgan fingerprint density at radius 3 is 2.62 bits per heavy atom. The van der Waals surface area contributed by atoms with Crippen LogP contribution in [0.4, 0.5) is 4.79 Å². The molecule has 2 aliphatic rings. The topological polar surface area (TPSA) is 67.5 Å². The Bertz CT molecular complexity index is 337. The van der Waals surface area contributed by atoms with Gasteiger partial charge in [-0.3, -0.25) is 0 Å². The first-order valence-electron chi connectivity index (χ1n) is 5.96. The van der Waals surface area contributed by atoms with Gasteiger partial charge in [0.1, 0.15) is 0 Å². The lowest BCUT2D eigenvalue weighted by Crippen LogP contribution is -2.33. The van der Waals surface area contributed by atoms with E-state index in [4.69, 9.17) is 5.73 Å². The first kappa shape index (κ1) is 11.4. The molecule has 0 radical (unpaired) electrons. The molecule has 0 saturated heterocycles. The predicted octanol–water partition coefficient (Wildman–Crippen LogP) is 2.10.